The minimum Gasteiger partial charge on any atom is -0.493 e. The smallest absolute Gasteiger partial charge is 0.493 e. The summed E-state index contributed by atoms with van der Waals surface area (Å²) in [6.07, 6.45) is -0.195. The molecule has 0 atom stereocenters. The van der Waals surface area contributed by atoms with Crippen LogP contribution in [0.15, 0.2) is 30.3 Å². The van der Waals surface area contributed by atoms with Gasteiger partial charge in [0.1, 0.15) is 0 Å². The number of amides is 2. The first-order chi connectivity index (χ1) is 16.9. The molecule has 0 spiro atoms. The monoisotopic (exact) mass is 486 g/mol. The molecule has 35 heavy (non-hydrogen) atoms. The summed E-state index contributed by atoms with van der Waals surface area (Å²) < 4.78 is 31.3. The van der Waals surface area contributed by atoms with E-state index in [2.05, 4.69) is 0 Å². The Kier molecular flexibility index (Phi) is 7.14. The van der Waals surface area contributed by atoms with Crippen LogP contribution in [-0.2, 0) is 16.0 Å². The molecule has 11 nitrogen and oxygen atoms in total. The van der Waals surface area contributed by atoms with Gasteiger partial charge in [0.15, 0.2) is 23.0 Å². The van der Waals surface area contributed by atoms with Crippen molar-refractivity contribution < 1.29 is 42.8 Å². The van der Waals surface area contributed by atoms with Crippen LogP contribution in [0.3, 0.4) is 0 Å². The summed E-state index contributed by atoms with van der Waals surface area (Å²) in [5.74, 6) is 0.793. The van der Waals surface area contributed by atoms with Gasteiger partial charge in [-0.25, -0.2) is 9.80 Å². The van der Waals surface area contributed by atoms with E-state index in [1.54, 1.807) is 25.1 Å². The van der Waals surface area contributed by atoms with Crippen molar-refractivity contribution in [3.63, 3.8) is 0 Å². The Bertz CT molecular complexity index is 1110. The van der Waals surface area contributed by atoms with Crippen molar-refractivity contribution in [1.82, 2.24) is 10.0 Å². The minimum absolute atomic E-state index is 0.0119. The average molecular weight is 486 g/mol. The van der Waals surface area contributed by atoms with Gasteiger partial charge in [0.05, 0.1) is 27.2 Å². The molecule has 0 unspecified atom stereocenters. The van der Waals surface area contributed by atoms with Gasteiger partial charge in [0.2, 0.25) is 18.4 Å². The topological polar surface area (TPSA) is 113 Å². The van der Waals surface area contributed by atoms with Crippen LogP contribution >= 0.6 is 0 Å². The minimum atomic E-state index is -0.928. The second-order valence-electron chi connectivity index (χ2n) is 7.66. The highest BCUT2D eigenvalue weighted by molar-refractivity contribution is 5.97. The molecule has 2 aromatic carbocycles. The third-order valence-electron chi connectivity index (χ3n) is 5.50. The number of hydrogen-bond acceptors (Lipinski definition) is 9. The molecule has 0 aliphatic carbocycles. The fourth-order valence-corrected chi connectivity index (χ4v) is 3.88. The largest absolute Gasteiger partial charge is 0.514 e. The molecular weight excluding hydrogens is 460 g/mol. The van der Waals surface area contributed by atoms with Crippen molar-refractivity contribution in [2.45, 2.75) is 19.8 Å². The number of hydrazine groups is 1. The molecule has 1 saturated heterocycles. The normalized spacial score (nSPS) is 14.0. The Morgan fingerprint density at radius 2 is 1.63 bits per heavy atom. The highest BCUT2D eigenvalue weighted by Crippen LogP contribution is 2.39. The van der Waals surface area contributed by atoms with Gasteiger partial charge in [-0.05, 0) is 43.2 Å². The number of rotatable bonds is 7. The van der Waals surface area contributed by atoms with Crippen molar-refractivity contribution >= 4 is 18.0 Å². The van der Waals surface area contributed by atoms with E-state index in [-0.39, 0.29) is 48.5 Å². The summed E-state index contributed by atoms with van der Waals surface area (Å²) in [6, 6.07) is 8.18. The van der Waals surface area contributed by atoms with Crippen LogP contribution < -0.4 is 23.7 Å². The lowest BCUT2D eigenvalue weighted by Gasteiger charge is -2.28. The SMILES string of the molecule is CCOC(=O)Oc1c(OC)cc(C(=O)N2CCCN2C(=O)Cc2ccc3c(c2)OCO3)cc1OC. The van der Waals surface area contributed by atoms with E-state index in [4.69, 9.17) is 28.4 Å². The van der Waals surface area contributed by atoms with E-state index in [1.807, 2.05) is 0 Å². The molecule has 2 heterocycles. The molecule has 0 aromatic heterocycles. The van der Waals surface area contributed by atoms with E-state index in [0.29, 0.717) is 31.0 Å². The number of nitrogens with zero attached hydrogens (tertiary/aromatic N) is 2. The van der Waals surface area contributed by atoms with Crippen LogP contribution in [0, 0.1) is 0 Å². The fourth-order valence-electron chi connectivity index (χ4n) is 3.88. The second kappa shape index (κ2) is 10.4. The lowest BCUT2D eigenvalue weighted by molar-refractivity contribution is -0.139. The number of carbonyl (C=O) groups is 3. The zero-order valence-corrected chi connectivity index (χ0v) is 19.7. The van der Waals surface area contributed by atoms with Gasteiger partial charge in [-0.15, -0.1) is 0 Å². The molecule has 0 bridgehead atoms. The lowest BCUT2D eigenvalue weighted by Crippen LogP contribution is -2.45. The molecule has 2 aliphatic heterocycles. The second-order valence-corrected chi connectivity index (χ2v) is 7.66. The van der Waals surface area contributed by atoms with Gasteiger partial charge in [-0.1, -0.05) is 6.07 Å². The van der Waals surface area contributed by atoms with Crippen molar-refractivity contribution in [2.75, 3.05) is 40.7 Å². The van der Waals surface area contributed by atoms with Gasteiger partial charge in [0, 0.05) is 18.7 Å². The number of benzene rings is 2. The van der Waals surface area contributed by atoms with E-state index in [9.17, 15) is 14.4 Å². The maximum atomic E-state index is 13.4. The zero-order chi connectivity index (χ0) is 24.9. The molecule has 1 fully saturated rings. The Morgan fingerprint density at radius 3 is 2.31 bits per heavy atom. The number of methoxy groups -OCH3 is 2. The van der Waals surface area contributed by atoms with Gasteiger partial charge < -0.3 is 28.4 Å². The summed E-state index contributed by atoms with van der Waals surface area (Å²) in [5.41, 5.74) is 0.958. The van der Waals surface area contributed by atoms with Gasteiger partial charge >= 0.3 is 6.16 Å². The Hall–Kier alpha value is -4.15. The number of ether oxygens (including phenoxy) is 6. The third-order valence-corrected chi connectivity index (χ3v) is 5.50. The van der Waals surface area contributed by atoms with Crippen LogP contribution in [0.1, 0.15) is 29.3 Å². The fraction of sp³-hybridized carbons (Fsp3) is 0.375. The molecule has 2 aromatic rings. The van der Waals surface area contributed by atoms with Gasteiger partial charge in [0.25, 0.3) is 5.91 Å². The molecule has 0 saturated carbocycles. The molecule has 0 N–H and O–H groups in total. The molecule has 11 heteroatoms. The Morgan fingerprint density at radius 1 is 0.943 bits per heavy atom. The number of hydrogen-bond donors (Lipinski definition) is 0. The number of fused-ring (bicyclic) bond motifs is 1. The average Bonchev–Trinajstić information content (AvgIpc) is 3.53. The van der Waals surface area contributed by atoms with Crippen molar-refractivity contribution in [1.29, 1.82) is 0 Å². The summed E-state index contributed by atoms with van der Waals surface area (Å²) in [7, 11) is 2.75. The van der Waals surface area contributed by atoms with Crippen molar-refractivity contribution in [2.24, 2.45) is 0 Å². The first-order valence-corrected chi connectivity index (χ1v) is 11.1. The van der Waals surface area contributed by atoms with Crippen molar-refractivity contribution in [3.8, 4) is 28.7 Å². The zero-order valence-electron chi connectivity index (χ0n) is 19.7. The highest BCUT2D eigenvalue weighted by Gasteiger charge is 2.33. The first kappa shape index (κ1) is 24.0. The summed E-state index contributed by atoms with van der Waals surface area (Å²) in [5, 5.41) is 2.84. The van der Waals surface area contributed by atoms with Crippen LogP contribution in [0.5, 0.6) is 28.7 Å². The van der Waals surface area contributed by atoms with Gasteiger partial charge in [-0.2, -0.15) is 0 Å². The van der Waals surface area contributed by atoms with E-state index >= 15 is 0 Å². The molecule has 186 valence electrons. The van der Waals surface area contributed by atoms with Crippen LogP contribution in [0.4, 0.5) is 4.79 Å². The maximum absolute atomic E-state index is 13.4. The molecular formula is C24H26N2O9. The predicted molar refractivity (Wildman–Crippen MR) is 121 cm³/mol. The van der Waals surface area contributed by atoms with E-state index in [0.717, 1.165) is 5.56 Å². The van der Waals surface area contributed by atoms with Crippen molar-refractivity contribution in [3.05, 3.63) is 41.5 Å². The highest BCUT2D eigenvalue weighted by atomic mass is 16.7. The number of carbonyl (C=O) groups excluding carboxylic acids is 3. The third kappa shape index (κ3) is 5.03. The van der Waals surface area contributed by atoms with Crippen LogP contribution in [0.2, 0.25) is 0 Å². The van der Waals surface area contributed by atoms with Gasteiger partial charge in [-0.3, -0.25) is 14.6 Å². The molecule has 4 rings (SSSR count). The summed E-state index contributed by atoms with van der Waals surface area (Å²) >= 11 is 0. The first-order valence-electron chi connectivity index (χ1n) is 11.1. The van der Waals surface area contributed by atoms with E-state index in [1.165, 1.54) is 36.4 Å². The molecule has 0 radical (unpaired) electrons. The quantitative estimate of drug-likeness (QED) is 0.431. The van der Waals surface area contributed by atoms with Crippen LogP contribution in [-0.4, -0.2) is 68.7 Å². The van der Waals surface area contributed by atoms with E-state index < -0.39 is 12.1 Å². The Balaban J connectivity index is 1.53. The van der Waals surface area contributed by atoms with Crippen LogP contribution in [0.25, 0.3) is 0 Å². The molecule has 2 aliphatic rings. The maximum Gasteiger partial charge on any atom is 0.514 e. The lowest BCUT2D eigenvalue weighted by atomic mass is 10.1. The Labute approximate surface area is 202 Å². The molecule has 2 amide bonds. The summed E-state index contributed by atoms with van der Waals surface area (Å²) in [6.45, 7) is 2.71. The summed E-state index contributed by atoms with van der Waals surface area (Å²) in [4.78, 5) is 38.3. The predicted octanol–water partition coefficient (Wildman–Crippen LogP) is 2.80. The standard InChI is InChI=1S/C24H26N2O9/c1-4-32-24(29)35-22-19(30-2)12-16(13-20(22)31-3)23(28)26-9-5-8-25(26)21(27)11-15-6-7-17-18(10-15)34-14-33-17/h6-7,10,12-13H,4-5,8-9,11,14H2,1-3H3.